The van der Waals surface area contributed by atoms with Crippen molar-refractivity contribution in [1.82, 2.24) is 4.90 Å². The second-order valence-corrected chi connectivity index (χ2v) is 2.97. The van der Waals surface area contributed by atoms with Crippen LogP contribution in [-0.4, -0.2) is 43.2 Å². The molecule has 1 aliphatic heterocycles. The predicted molar refractivity (Wildman–Crippen MR) is 42.7 cm³/mol. The molecule has 0 radical (unpaired) electrons. The highest BCUT2D eigenvalue weighted by Crippen LogP contribution is 2.20. The topological polar surface area (TPSA) is 46.6 Å². The average molecular weight is 223 g/mol. The van der Waals surface area contributed by atoms with Crippen LogP contribution in [0.1, 0.15) is 0 Å². The van der Waals surface area contributed by atoms with Crippen molar-refractivity contribution >= 4 is 11.9 Å². The maximum Gasteiger partial charge on any atom is 0.406 e. The van der Waals surface area contributed by atoms with E-state index < -0.39 is 24.6 Å². The van der Waals surface area contributed by atoms with Crippen LogP contribution in [0.3, 0.4) is 0 Å². The minimum Gasteiger partial charge on any atom is -0.466 e. The normalized spacial score (nSPS) is 16.7. The van der Waals surface area contributed by atoms with Crippen LogP contribution >= 0.6 is 0 Å². The summed E-state index contributed by atoms with van der Waals surface area (Å²) >= 11 is 0. The number of hydrogen-bond donors (Lipinski definition) is 0. The average Bonchev–Trinajstić information content (AvgIpc) is 2.44. The summed E-state index contributed by atoms with van der Waals surface area (Å²) in [5.41, 5.74) is -0.0632. The molecule has 1 heterocycles. The fraction of sp³-hybridized carbons (Fsp3) is 0.500. The van der Waals surface area contributed by atoms with Crippen LogP contribution in [0, 0.1) is 0 Å². The summed E-state index contributed by atoms with van der Waals surface area (Å²) in [6.07, 6.45) is -3.60. The van der Waals surface area contributed by atoms with Gasteiger partial charge in [0.1, 0.15) is 6.54 Å². The molecule has 0 saturated heterocycles. The fourth-order valence-electron chi connectivity index (χ4n) is 1.17. The highest BCUT2D eigenvalue weighted by Gasteiger charge is 2.36. The lowest BCUT2D eigenvalue weighted by molar-refractivity contribution is -0.156. The number of hydrogen-bond acceptors (Lipinski definition) is 3. The Morgan fingerprint density at radius 3 is 2.67 bits per heavy atom. The third-order valence-corrected chi connectivity index (χ3v) is 1.79. The number of rotatable bonds is 2. The van der Waals surface area contributed by atoms with Gasteiger partial charge in [-0.15, -0.1) is 0 Å². The molecule has 0 aromatic carbocycles. The van der Waals surface area contributed by atoms with Crippen molar-refractivity contribution in [2.24, 2.45) is 0 Å². The molecule has 0 bridgehead atoms. The van der Waals surface area contributed by atoms with Crippen LogP contribution in [0.25, 0.3) is 0 Å². The zero-order valence-electron chi connectivity index (χ0n) is 7.80. The zero-order valence-corrected chi connectivity index (χ0v) is 7.80. The molecule has 0 aliphatic carbocycles. The monoisotopic (exact) mass is 223 g/mol. The molecular weight excluding hydrogens is 215 g/mol. The smallest absolute Gasteiger partial charge is 0.406 e. The third-order valence-electron chi connectivity index (χ3n) is 1.79. The van der Waals surface area contributed by atoms with Gasteiger partial charge in [0.2, 0.25) is 5.91 Å². The van der Waals surface area contributed by atoms with Gasteiger partial charge in [-0.05, 0) is 0 Å². The molecule has 7 heteroatoms. The summed E-state index contributed by atoms with van der Waals surface area (Å²) in [5, 5.41) is 0. The van der Waals surface area contributed by atoms with Gasteiger partial charge in [0, 0.05) is 6.08 Å². The summed E-state index contributed by atoms with van der Waals surface area (Å²) in [5.74, 6) is -1.61. The first-order valence-corrected chi connectivity index (χ1v) is 3.98. The number of methoxy groups -OCH3 is 1. The summed E-state index contributed by atoms with van der Waals surface area (Å²) in [6, 6.07) is 0. The highest BCUT2D eigenvalue weighted by molar-refractivity contribution is 6.02. The van der Waals surface area contributed by atoms with E-state index in [9.17, 15) is 22.8 Å². The van der Waals surface area contributed by atoms with E-state index in [1.807, 2.05) is 0 Å². The molecular formula is C8H8F3NO3. The first kappa shape index (κ1) is 11.5. The maximum atomic E-state index is 12.0. The highest BCUT2D eigenvalue weighted by atomic mass is 19.4. The van der Waals surface area contributed by atoms with E-state index in [-0.39, 0.29) is 12.1 Å². The van der Waals surface area contributed by atoms with Crippen LogP contribution in [-0.2, 0) is 14.3 Å². The first-order chi connectivity index (χ1) is 6.83. The third kappa shape index (κ3) is 2.97. The van der Waals surface area contributed by atoms with E-state index in [0.29, 0.717) is 4.90 Å². The van der Waals surface area contributed by atoms with Crippen LogP contribution in [0.4, 0.5) is 13.2 Å². The van der Waals surface area contributed by atoms with E-state index >= 15 is 0 Å². The Labute approximate surface area is 83.3 Å². The van der Waals surface area contributed by atoms with Crippen LogP contribution in [0.15, 0.2) is 11.6 Å². The van der Waals surface area contributed by atoms with Gasteiger partial charge in [0.05, 0.1) is 19.2 Å². The van der Waals surface area contributed by atoms with Crippen molar-refractivity contribution in [2.75, 3.05) is 20.2 Å². The fourth-order valence-corrected chi connectivity index (χ4v) is 1.17. The molecule has 0 unspecified atom stereocenters. The number of carbonyl (C=O) groups excluding carboxylic acids is 2. The summed E-state index contributed by atoms with van der Waals surface area (Å²) in [7, 11) is 1.10. The lowest BCUT2D eigenvalue weighted by atomic mass is 10.3. The van der Waals surface area contributed by atoms with Gasteiger partial charge in [0.15, 0.2) is 0 Å². The van der Waals surface area contributed by atoms with Crippen molar-refractivity contribution in [3.8, 4) is 0 Å². The second kappa shape index (κ2) is 3.92. The SMILES string of the molecule is COC(=O)C1=CC(=O)N(CC(F)(F)F)C1. The lowest BCUT2D eigenvalue weighted by Gasteiger charge is -2.17. The molecule has 84 valence electrons. The van der Waals surface area contributed by atoms with Gasteiger partial charge in [0.25, 0.3) is 0 Å². The number of carbonyl (C=O) groups is 2. The van der Waals surface area contributed by atoms with Gasteiger partial charge in [-0.1, -0.05) is 0 Å². The molecule has 1 amide bonds. The van der Waals surface area contributed by atoms with Gasteiger partial charge in [-0.25, -0.2) is 4.79 Å². The van der Waals surface area contributed by atoms with E-state index in [1.54, 1.807) is 0 Å². The lowest BCUT2D eigenvalue weighted by Crippen LogP contribution is -2.36. The molecule has 0 aromatic heterocycles. The number of amides is 1. The second-order valence-electron chi connectivity index (χ2n) is 2.97. The summed E-state index contributed by atoms with van der Waals surface area (Å²) in [4.78, 5) is 22.5. The maximum absolute atomic E-state index is 12.0. The van der Waals surface area contributed by atoms with E-state index in [4.69, 9.17) is 0 Å². The number of ether oxygens (including phenoxy) is 1. The molecule has 0 spiro atoms. The van der Waals surface area contributed by atoms with Crippen molar-refractivity contribution in [3.63, 3.8) is 0 Å². The molecule has 0 fully saturated rings. The Kier molecular flexibility index (Phi) is 3.01. The molecule has 0 aromatic rings. The number of alkyl halides is 3. The number of halogens is 3. The van der Waals surface area contributed by atoms with Crippen LogP contribution in [0.5, 0.6) is 0 Å². The molecule has 0 saturated carbocycles. The van der Waals surface area contributed by atoms with Gasteiger partial charge in [-0.2, -0.15) is 13.2 Å². The Morgan fingerprint density at radius 2 is 2.20 bits per heavy atom. The van der Waals surface area contributed by atoms with Crippen molar-refractivity contribution in [3.05, 3.63) is 11.6 Å². The minimum absolute atomic E-state index is 0.0632. The molecule has 4 nitrogen and oxygen atoms in total. The van der Waals surface area contributed by atoms with Crippen molar-refractivity contribution < 1.29 is 27.5 Å². The van der Waals surface area contributed by atoms with E-state index in [1.165, 1.54) is 0 Å². The Morgan fingerprint density at radius 1 is 1.60 bits per heavy atom. The van der Waals surface area contributed by atoms with E-state index in [0.717, 1.165) is 13.2 Å². The van der Waals surface area contributed by atoms with Crippen molar-refractivity contribution in [2.45, 2.75) is 6.18 Å². The minimum atomic E-state index is -4.46. The molecule has 1 aliphatic rings. The van der Waals surface area contributed by atoms with Crippen LogP contribution in [0.2, 0.25) is 0 Å². The quantitative estimate of drug-likeness (QED) is 0.640. The molecule has 15 heavy (non-hydrogen) atoms. The summed E-state index contributed by atoms with van der Waals surface area (Å²) < 4.78 is 40.2. The number of esters is 1. The van der Waals surface area contributed by atoms with Crippen molar-refractivity contribution in [1.29, 1.82) is 0 Å². The molecule has 0 N–H and O–H groups in total. The summed E-state index contributed by atoms with van der Waals surface area (Å²) in [6.45, 7) is -1.71. The van der Waals surface area contributed by atoms with Gasteiger partial charge < -0.3 is 9.64 Å². The number of nitrogens with zero attached hydrogens (tertiary/aromatic N) is 1. The Bertz CT molecular complexity index is 322. The van der Waals surface area contributed by atoms with E-state index in [2.05, 4.69) is 4.74 Å². The predicted octanol–water partition coefficient (Wildman–Crippen LogP) is 0.490. The van der Waals surface area contributed by atoms with Gasteiger partial charge >= 0.3 is 12.1 Å². The molecule has 1 rings (SSSR count). The van der Waals surface area contributed by atoms with Gasteiger partial charge in [-0.3, -0.25) is 4.79 Å². The first-order valence-electron chi connectivity index (χ1n) is 3.98. The zero-order chi connectivity index (χ0) is 11.6. The molecule has 0 atom stereocenters. The largest absolute Gasteiger partial charge is 0.466 e. The van der Waals surface area contributed by atoms with Crippen LogP contribution < -0.4 is 0 Å². The standard InChI is InChI=1S/C8H8F3NO3/c1-15-7(14)5-2-6(13)12(3-5)4-8(9,10)11/h2H,3-4H2,1H3. The Balaban J connectivity index is 2.64. The Hall–Kier alpha value is -1.53.